The summed E-state index contributed by atoms with van der Waals surface area (Å²) in [6.45, 7) is 6.99. The zero-order valence-electron chi connectivity index (χ0n) is 22.4. The maximum Gasteiger partial charge on any atom is 0.421 e. The quantitative estimate of drug-likeness (QED) is 0.249. The largest absolute Gasteiger partial charge is 0.478 e. The van der Waals surface area contributed by atoms with Gasteiger partial charge in [-0.05, 0) is 75.7 Å². The molecule has 214 valence electrons. The third-order valence-corrected chi connectivity index (χ3v) is 6.23. The average Bonchev–Trinajstić information content (AvgIpc) is 3.21. The van der Waals surface area contributed by atoms with Crippen LogP contribution >= 0.6 is 11.6 Å². The summed E-state index contributed by atoms with van der Waals surface area (Å²) < 4.78 is 49.0. The number of hydrogen-bond acceptors (Lipinski definition) is 6. The van der Waals surface area contributed by atoms with Crippen LogP contribution in [-0.4, -0.2) is 42.8 Å². The molecule has 9 nitrogen and oxygen atoms in total. The van der Waals surface area contributed by atoms with E-state index in [4.69, 9.17) is 16.3 Å². The molecule has 1 N–H and O–H groups in total. The number of pyridine rings is 2. The van der Waals surface area contributed by atoms with Crippen LogP contribution in [0.5, 0.6) is 11.6 Å². The number of amides is 1. The van der Waals surface area contributed by atoms with Gasteiger partial charge in [-0.3, -0.25) is 9.48 Å². The van der Waals surface area contributed by atoms with Gasteiger partial charge in [0, 0.05) is 24.1 Å². The maximum atomic E-state index is 14.0. The van der Waals surface area contributed by atoms with E-state index < -0.39 is 35.5 Å². The molecule has 0 aliphatic rings. The van der Waals surface area contributed by atoms with Crippen molar-refractivity contribution in [3.63, 3.8) is 0 Å². The van der Waals surface area contributed by atoms with E-state index in [1.165, 1.54) is 41.6 Å². The average molecular weight is 588 g/mol. The molecule has 3 aromatic heterocycles. The molecule has 3 heterocycles. The van der Waals surface area contributed by atoms with Crippen LogP contribution < -0.4 is 9.64 Å². The summed E-state index contributed by atoms with van der Waals surface area (Å²) in [6, 6.07) is 8.70. The van der Waals surface area contributed by atoms with Gasteiger partial charge in [0.2, 0.25) is 5.88 Å². The number of carbonyl (C=O) groups excluding carboxylic acids is 1. The Hall–Kier alpha value is -4.45. The van der Waals surface area contributed by atoms with Gasteiger partial charge in [0.25, 0.3) is 5.91 Å². The number of benzene rings is 1. The molecule has 0 atom stereocenters. The molecule has 13 heteroatoms. The third kappa shape index (κ3) is 6.65. The van der Waals surface area contributed by atoms with Crippen LogP contribution in [0.3, 0.4) is 0 Å². The number of aromatic carboxylic acids is 1. The first-order chi connectivity index (χ1) is 19.2. The van der Waals surface area contributed by atoms with Crippen molar-refractivity contribution in [3.05, 3.63) is 93.7 Å². The van der Waals surface area contributed by atoms with Crippen molar-refractivity contribution in [1.82, 2.24) is 19.7 Å². The molecule has 0 spiro atoms. The number of rotatable bonds is 8. The zero-order valence-corrected chi connectivity index (χ0v) is 23.2. The Balaban J connectivity index is 1.69. The monoisotopic (exact) mass is 587 g/mol. The van der Waals surface area contributed by atoms with E-state index in [-0.39, 0.29) is 34.8 Å². The van der Waals surface area contributed by atoms with E-state index in [1.807, 2.05) is 0 Å². The smallest absolute Gasteiger partial charge is 0.421 e. The molecule has 0 saturated heterocycles. The first kappa shape index (κ1) is 29.5. The second kappa shape index (κ2) is 11.6. The Bertz CT molecular complexity index is 1600. The van der Waals surface area contributed by atoms with Crippen molar-refractivity contribution >= 4 is 29.2 Å². The van der Waals surface area contributed by atoms with Gasteiger partial charge in [-0.25, -0.2) is 14.8 Å². The number of ether oxygens (including phenoxy) is 1. The van der Waals surface area contributed by atoms with Crippen LogP contribution in [0.2, 0.25) is 5.02 Å². The minimum atomic E-state index is -4.81. The maximum absolute atomic E-state index is 14.0. The summed E-state index contributed by atoms with van der Waals surface area (Å²) in [5.41, 5.74) is 0.285. The number of aryl methyl sites for hydroxylation is 2. The highest BCUT2D eigenvalue weighted by molar-refractivity contribution is 6.30. The van der Waals surface area contributed by atoms with Crippen LogP contribution in [0, 0.1) is 13.8 Å². The van der Waals surface area contributed by atoms with Crippen molar-refractivity contribution in [2.45, 2.75) is 46.5 Å². The van der Waals surface area contributed by atoms with E-state index in [2.05, 4.69) is 15.1 Å². The molecule has 0 radical (unpaired) electrons. The van der Waals surface area contributed by atoms with Gasteiger partial charge in [0.15, 0.2) is 0 Å². The molecule has 0 aliphatic heterocycles. The number of carbonyl (C=O) groups is 2. The summed E-state index contributed by atoms with van der Waals surface area (Å²) in [5, 5.41) is 14.5. The van der Waals surface area contributed by atoms with Crippen LogP contribution in [0.25, 0.3) is 0 Å². The fourth-order valence-electron chi connectivity index (χ4n) is 4.19. The number of alkyl halides is 3. The molecular weight excluding hydrogens is 563 g/mol. The SMILES string of the molecule is Cc1cc(C)n(Cc2cnc(Oc3ccc(N(C(=O)c4ccc(Cl)cn4)C(C)C)c(C(=O)O)c3)c(C(F)(F)F)c2)n1. The van der Waals surface area contributed by atoms with Crippen LogP contribution in [0.1, 0.15) is 57.2 Å². The lowest BCUT2D eigenvalue weighted by Gasteiger charge is -2.28. The van der Waals surface area contributed by atoms with Crippen molar-refractivity contribution in [2.75, 3.05) is 4.90 Å². The number of hydrogen-bond donors (Lipinski definition) is 1. The van der Waals surface area contributed by atoms with Gasteiger partial charge in [0.1, 0.15) is 17.0 Å². The van der Waals surface area contributed by atoms with Gasteiger partial charge >= 0.3 is 12.1 Å². The van der Waals surface area contributed by atoms with E-state index in [0.29, 0.717) is 5.02 Å². The third-order valence-electron chi connectivity index (χ3n) is 6.00. The predicted octanol–water partition coefficient (Wildman–Crippen LogP) is 6.56. The Morgan fingerprint density at radius 2 is 1.80 bits per heavy atom. The van der Waals surface area contributed by atoms with Crippen molar-refractivity contribution < 1.29 is 32.6 Å². The fourth-order valence-corrected chi connectivity index (χ4v) is 4.31. The van der Waals surface area contributed by atoms with Crippen LogP contribution in [-0.2, 0) is 12.7 Å². The number of carboxylic acid groups (broad SMARTS) is 1. The van der Waals surface area contributed by atoms with Crippen LogP contribution in [0.15, 0.2) is 54.9 Å². The number of halogens is 4. The van der Waals surface area contributed by atoms with Gasteiger partial charge in [-0.15, -0.1) is 0 Å². The van der Waals surface area contributed by atoms with Gasteiger partial charge < -0.3 is 14.7 Å². The summed E-state index contributed by atoms with van der Waals surface area (Å²) in [4.78, 5) is 34.6. The normalized spacial score (nSPS) is 11.5. The summed E-state index contributed by atoms with van der Waals surface area (Å²) in [5.74, 6) is -2.97. The molecular formula is C28H25ClF3N5O4. The van der Waals surface area contributed by atoms with E-state index in [1.54, 1.807) is 38.4 Å². The summed E-state index contributed by atoms with van der Waals surface area (Å²) in [7, 11) is 0. The van der Waals surface area contributed by atoms with E-state index in [0.717, 1.165) is 23.5 Å². The van der Waals surface area contributed by atoms with Crippen LogP contribution in [0.4, 0.5) is 18.9 Å². The fraction of sp³-hybridized carbons (Fsp3) is 0.250. The number of nitrogens with zero attached hydrogens (tertiary/aromatic N) is 5. The predicted molar refractivity (Wildman–Crippen MR) is 145 cm³/mol. The highest BCUT2D eigenvalue weighted by Gasteiger charge is 2.36. The van der Waals surface area contributed by atoms with E-state index >= 15 is 0 Å². The van der Waals surface area contributed by atoms with E-state index in [9.17, 15) is 27.9 Å². The molecule has 0 fully saturated rings. The number of aromatic nitrogens is 4. The lowest BCUT2D eigenvalue weighted by Crippen LogP contribution is -2.38. The molecule has 1 aromatic carbocycles. The minimum absolute atomic E-state index is 0.00541. The molecule has 0 unspecified atom stereocenters. The minimum Gasteiger partial charge on any atom is -0.478 e. The highest BCUT2D eigenvalue weighted by atomic mass is 35.5. The Morgan fingerprint density at radius 3 is 2.37 bits per heavy atom. The molecule has 41 heavy (non-hydrogen) atoms. The Kier molecular flexibility index (Phi) is 8.34. The van der Waals surface area contributed by atoms with Gasteiger partial charge in [-0.1, -0.05) is 11.6 Å². The highest BCUT2D eigenvalue weighted by Crippen LogP contribution is 2.38. The second-order valence-corrected chi connectivity index (χ2v) is 9.93. The Labute approximate surface area is 238 Å². The second-order valence-electron chi connectivity index (χ2n) is 9.50. The molecule has 0 aliphatic carbocycles. The molecule has 4 aromatic rings. The first-order valence-electron chi connectivity index (χ1n) is 12.3. The topological polar surface area (TPSA) is 110 Å². The van der Waals surface area contributed by atoms with Crippen molar-refractivity contribution in [1.29, 1.82) is 0 Å². The lowest BCUT2D eigenvalue weighted by atomic mass is 10.1. The zero-order chi connectivity index (χ0) is 30.1. The molecule has 4 rings (SSSR count). The van der Waals surface area contributed by atoms with Gasteiger partial charge in [-0.2, -0.15) is 18.3 Å². The molecule has 0 saturated carbocycles. The lowest BCUT2D eigenvalue weighted by molar-refractivity contribution is -0.138. The standard InChI is InChI=1S/C28H25ClF3N5O4/c1-15(2)37(26(38)23-7-5-19(29)13-33-23)24-8-6-20(11-21(24)27(39)40)41-25-22(28(30,31)32)10-18(12-34-25)14-36-17(4)9-16(3)35-36/h5-13,15H,14H2,1-4H3,(H,39,40). The number of carboxylic acids is 1. The Morgan fingerprint density at radius 1 is 1.07 bits per heavy atom. The van der Waals surface area contributed by atoms with Crippen molar-refractivity contribution in [3.8, 4) is 11.6 Å². The number of anilines is 1. The van der Waals surface area contributed by atoms with Crippen molar-refractivity contribution in [2.24, 2.45) is 0 Å². The first-order valence-corrected chi connectivity index (χ1v) is 12.7. The summed E-state index contributed by atoms with van der Waals surface area (Å²) in [6.07, 6.45) is -2.28. The van der Waals surface area contributed by atoms with Gasteiger partial charge in [0.05, 0.1) is 28.5 Å². The summed E-state index contributed by atoms with van der Waals surface area (Å²) >= 11 is 5.86. The molecule has 0 bridgehead atoms. The molecule has 1 amide bonds.